The molecular weight excluding hydrogens is 239 g/mol. The van der Waals surface area contributed by atoms with E-state index in [1.807, 2.05) is 6.92 Å². The minimum atomic E-state index is -0.666. The molecule has 0 aromatic heterocycles. The molecule has 0 radical (unpaired) electrons. The Morgan fingerprint density at radius 1 is 1.40 bits per heavy atom. The van der Waals surface area contributed by atoms with Crippen LogP contribution in [0.4, 0.5) is 0 Å². The van der Waals surface area contributed by atoms with Gasteiger partial charge in [-0.05, 0) is 6.42 Å². The molecule has 0 aliphatic carbocycles. The highest BCUT2D eigenvalue weighted by atomic mass is 35.5. The first-order valence-corrected chi connectivity index (χ1v) is 4.90. The van der Waals surface area contributed by atoms with Crippen molar-refractivity contribution in [2.45, 2.75) is 13.3 Å². The van der Waals surface area contributed by atoms with E-state index in [-0.39, 0.29) is 30.7 Å². The maximum Gasteiger partial charge on any atom is 0.307 e. The van der Waals surface area contributed by atoms with Crippen molar-refractivity contribution < 1.29 is 9.90 Å². The summed E-state index contributed by atoms with van der Waals surface area (Å²) in [4.78, 5) is 13.0. The van der Waals surface area contributed by atoms with Gasteiger partial charge in [0, 0.05) is 32.7 Å². The lowest BCUT2D eigenvalue weighted by Crippen LogP contribution is -2.46. The highest BCUT2D eigenvalue weighted by molar-refractivity contribution is 5.85. The van der Waals surface area contributed by atoms with Crippen LogP contribution in [0.25, 0.3) is 0 Å². The minimum absolute atomic E-state index is 0. The molecule has 15 heavy (non-hydrogen) atoms. The molecule has 1 aliphatic heterocycles. The molecule has 1 saturated heterocycles. The van der Waals surface area contributed by atoms with Gasteiger partial charge in [0.25, 0.3) is 0 Å². The third-order valence-corrected chi connectivity index (χ3v) is 2.53. The Hall–Kier alpha value is -0.0300. The van der Waals surface area contributed by atoms with Crippen LogP contribution in [-0.2, 0) is 4.79 Å². The monoisotopic (exact) mass is 258 g/mol. The summed E-state index contributed by atoms with van der Waals surface area (Å²) >= 11 is 0. The molecule has 1 atom stereocenters. The van der Waals surface area contributed by atoms with Crippen molar-refractivity contribution in [1.29, 1.82) is 0 Å². The molecule has 6 heteroatoms. The minimum Gasteiger partial charge on any atom is -0.481 e. The van der Waals surface area contributed by atoms with Crippen molar-refractivity contribution in [2.24, 2.45) is 5.92 Å². The molecule has 1 unspecified atom stereocenters. The summed E-state index contributed by atoms with van der Waals surface area (Å²) in [5.74, 6) is -0.862. The highest BCUT2D eigenvalue weighted by Crippen LogP contribution is 2.06. The summed E-state index contributed by atoms with van der Waals surface area (Å²) in [7, 11) is 0. The number of aliphatic carboxylic acids is 1. The number of carboxylic acid groups (broad SMARTS) is 1. The second kappa shape index (κ2) is 9.21. The molecule has 0 spiro atoms. The number of rotatable bonds is 4. The fraction of sp³-hybridized carbons (Fsp3) is 0.889. The first-order valence-electron chi connectivity index (χ1n) is 4.90. The molecule has 0 aromatic carbocycles. The molecule has 92 valence electrons. The van der Waals surface area contributed by atoms with E-state index in [1.165, 1.54) is 0 Å². The zero-order chi connectivity index (χ0) is 9.68. The average molecular weight is 259 g/mol. The van der Waals surface area contributed by atoms with E-state index in [2.05, 4.69) is 10.2 Å². The van der Waals surface area contributed by atoms with Crippen molar-refractivity contribution >= 4 is 30.8 Å². The van der Waals surface area contributed by atoms with Crippen molar-refractivity contribution in [3.05, 3.63) is 0 Å². The number of carboxylic acids is 1. The standard InChI is InChI=1S/C9H18N2O2.2ClH/c1-2-8(9(12)13)7-11-5-3-10-4-6-11;;/h8,10H,2-7H2,1H3,(H,12,13);2*1H. The highest BCUT2D eigenvalue weighted by Gasteiger charge is 2.19. The van der Waals surface area contributed by atoms with Crippen molar-refractivity contribution in [2.75, 3.05) is 32.7 Å². The maximum atomic E-state index is 10.8. The van der Waals surface area contributed by atoms with Gasteiger partial charge >= 0.3 is 5.97 Å². The summed E-state index contributed by atoms with van der Waals surface area (Å²) in [6.45, 7) is 6.55. The third-order valence-electron chi connectivity index (χ3n) is 2.53. The molecule has 0 amide bonds. The van der Waals surface area contributed by atoms with Crippen LogP contribution in [0.3, 0.4) is 0 Å². The summed E-state index contributed by atoms with van der Waals surface area (Å²) in [6, 6.07) is 0. The van der Waals surface area contributed by atoms with E-state index in [9.17, 15) is 4.79 Å². The van der Waals surface area contributed by atoms with Crippen molar-refractivity contribution in [3.8, 4) is 0 Å². The molecule has 0 saturated carbocycles. The molecule has 1 aliphatic rings. The number of halogens is 2. The Morgan fingerprint density at radius 2 is 1.93 bits per heavy atom. The summed E-state index contributed by atoms with van der Waals surface area (Å²) in [5, 5.41) is 12.1. The van der Waals surface area contributed by atoms with Crippen LogP contribution in [0.1, 0.15) is 13.3 Å². The van der Waals surface area contributed by atoms with Crippen LogP contribution in [0.15, 0.2) is 0 Å². The first-order chi connectivity index (χ1) is 6.24. The average Bonchev–Trinajstić information content (AvgIpc) is 2.15. The van der Waals surface area contributed by atoms with Gasteiger partial charge in [0.05, 0.1) is 5.92 Å². The lowest BCUT2D eigenvalue weighted by molar-refractivity contribution is -0.142. The van der Waals surface area contributed by atoms with Gasteiger partial charge in [-0.1, -0.05) is 6.92 Å². The van der Waals surface area contributed by atoms with Gasteiger partial charge in [-0.25, -0.2) is 0 Å². The van der Waals surface area contributed by atoms with Gasteiger partial charge in [-0.15, -0.1) is 24.8 Å². The smallest absolute Gasteiger partial charge is 0.307 e. The molecule has 2 N–H and O–H groups in total. The normalized spacial score (nSPS) is 18.5. The second-order valence-electron chi connectivity index (χ2n) is 3.49. The Labute approximate surface area is 103 Å². The van der Waals surface area contributed by atoms with E-state index < -0.39 is 5.97 Å². The van der Waals surface area contributed by atoms with Gasteiger partial charge in [-0.2, -0.15) is 0 Å². The first kappa shape index (κ1) is 17.4. The summed E-state index contributed by atoms with van der Waals surface area (Å²) < 4.78 is 0. The SMILES string of the molecule is CCC(CN1CCNCC1)C(=O)O.Cl.Cl. The van der Waals surface area contributed by atoms with Crippen LogP contribution in [0.5, 0.6) is 0 Å². The van der Waals surface area contributed by atoms with E-state index in [1.54, 1.807) is 0 Å². The molecule has 0 bridgehead atoms. The zero-order valence-corrected chi connectivity index (χ0v) is 10.6. The van der Waals surface area contributed by atoms with Gasteiger partial charge < -0.3 is 10.4 Å². The van der Waals surface area contributed by atoms with E-state index in [0.717, 1.165) is 32.6 Å². The molecule has 1 fully saturated rings. The van der Waals surface area contributed by atoms with E-state index in [0.29, 0.717) is 6.54 Å². The van der Waals surface area contributed by atoms with Gasteiger partial charge in [0.15, 0.2) is 0 Å². The van der Waals surface area contributed by atoms with Crippen LogP contribution in [0, 0.1) is 5.92 Å². The van der Waals surface area contributed by atoms with Crippen LogP contribution in [-0.4, -0.2) is 48.7 Å². The predicted molar refractivity (Wildman–Crippen MR) is 65.2 cm³/mol. The lowest BCUT2D eigenvalue weighted by atomic mass is 10.1. The topological polar surface area (TPSA) is 52.6 Å². The molecule has 1 heterocycles. The molecule has 4 nitrogen and oxygen atoms in total. The van der Waals surface area contributed by atoms with Crippen LogP contribution in [0.2, 0.25) is 0 Å². The number of nitrogens with one attached hydrogen (secondary N) is 1. The number of hydrogen-bond donors (Lipinski definition) is 2. The second-order valence-corrected chi connectivity index (χ2v) is 3.49. The quantitative estimate of drug-likeness (QED) is 0.785. The van der Waals surface area contributed by atoms with Crippen molar-refractivity contribution in [1.82, 2.24) is 10.2 Å². The fourth-order valence-electron chi connectivity index (χ4n) is 1.59. The Bertz CT molecular complexity index is 175. The third kappa shape index (κ3) is 6.20. The Morgan fingerprint density at radius 3 is 2.33 bits per heavy atom. The Balaban J connectivity index is 0. The number of piperazine rings is 1. The molecule has 1 rings (SSSR count). The largest absolute Gasteiger partial charge is 0.481 e. The molecule has 0 aromatic rings. The van der Waals surface area contributed by atoms with Crippen LogP contribution < -0.4 is 5.32 Å². The van der Waals surface area contributed by atoms with Crippen LogP contribution >= 0.6 is 24.8 Å². The predicted octanol–water partition coefficient (Wildman–Crippen LogP) is 0.846. The number of nitrogens with zero attached hydrogens (tertiary/aromatic N) is 1. The van der Waals surface area contributed by atoms with E-state index >= 15 is 0 Å². The van der Waals surface area contributed by atoms with Gasteiger partial charge in [0.2, 0.25) is 0 Å². The summed E-state index contributed by atoms with van der Waals surface area (Å²) in [5.41, 5.74) is 0. The Kier molecular flexibility index (Phi) is 10.7. The lowest BCUT2D eigenvalue weighted by Gasteiger charge is -2.29. The van der Waals surface area contributed by atoms with Crippen molar-refractivity contribution in [3.63, 3.8) is 0 Å². The zero-order valence-electron chi connectivity index (χ0n) is 8.94. The van der Waals surface area contributed by atoms with Gasteiger partial charge in [-0.3, -0.25) is 9.69 Å². The molecular formula is C9H20Cl2N2O2. The maximum absolute atomic E-state index is 10.8. The number of carbonyl (C=O) groups is 1. The van der Waals surface area contributed by atoms with Gasteiger partial charge in [0.1, 0.15) is 0 Å². The van der Waals surface area contributed by atoms with E-state index in [4.69, 9.17) is 5.11 Å². The summed E-state index contributed by atoms with van der Waals surface area (Å²) in [6.07, 6.45) is 0.721. The fourth-order valence-corrected chi connectivity index (χ4v) is 1.59. The number of hydrogen-bond acceptors (Lipinski definition) is 3.